The van der Waals surface area contributed by atoms with E-state index in [9.17, 15) is 9.18 Å². The number of benzene rings is 1. The molecule has 1 amide bonds. The van der Waals surface area contributed by atoms with Crippen LogP contribution in [0.15, 0.2) is 24.3 Å². The molecular weight excluding hydrogens is 307 g/mol. The second kappa shape index (κ2) is 8.84. The van der Waals surface area contributed by atoms with Gasteiger partial charge in [0.1, 0.15) is 5.82 Å². The molecule has 0 radical (unpaired) electrons. The largest absolute Gasteiger partial charge is 0.473 e. The normalized spacial score (nSPS) is 15.3. The summed E-state index contributed by atoms with van der Waals surface area (Å²) in [4.78, 5) is 31.5. The number of rotatable bonds is 3. The van der Waals surface area contributed by atoms with E-state index in [4.69, 9.17) is 25.5 Å². The number of piperidine rings is 1. The van der Waals surface area contributed by atoms with Gasteiger partial charge in [-0.05, 0) is 43.6 Å². The Bertz CT molecular complexity index is 541. The van der Waals surface area contributed by atoms with E-state index in [2.05, 4.69) is 4.90 Å². The Balaban J connectivity index is 0.000000379. The van der Waals surface area contributed by atoms with Crippen molar-refractivity contribution in [3.8, 4) is 0 Å². The number of aliphatic carboxylic acids is 2. The van der Waals surface area contributed by atoms with Gasteiger partial charge in [0.05, 0.1) is 0 Å². The number of carboxylic acids is 2. The summed E-state index contributed by atoms with van der Waals surface area (Å²) < 4.78 is 12.7. The zero-order valence-electron chi connectivity index (χ0n) is 12.4. The molecule has 1 aliphatic rings. The lowest BCUT2D eigenvalue weighted by Gasteiger charge is -2.30. The van der Waals surface area contributed by atoms with Gasteiger partial charge in [-0.2, -0.15) is 0 Å². The lowest BCUT2D eigenvalue weighted by atomic mass is 9.96. The second-order valence-electron chi connectivity index (χ2n) is 5.19. The number of carbonyl (C=O) groups is 3. The molecule has 0 spiro atoms. The lowest BCUT2D eigenvalue weighted by molar-refractivity contribution is -0.159. The molecule has 0 aromatic heterocycles. The fourth-order valence-electron chi connectivity index (χ4n) is 2.22. The number of primary amides is 1. The highest BCUT2D eigenvalue weighted by molar-refractivity contribution is 6.27. The molecule has 8 heteroatoms. The van der Waals surface area contributed by atoms with Crippen molar-refractivity contribution in [3.05, 3.63) is 35.6 Å². The summed E-state index contributed by atoms with van der Waals surface area (Å²) in [7, 11) is 0. The molecule has 0 bridgehead atoms. The molecule has 23 heavy (non-hydrogen) atoms. The zero-order valence-corrected chi connectivity index (χ0v) is 12.4. The number of likely N-dealkylation sites (tertiary alicyclic amines) is 1. The predicted molar refractivity (Wildman–Crippen MR) is 78.9 cm³/mol. The maximum absolute atomic E-state index is 12.7. The summed E-state index contributed by atoms with van der Waals surface area (Å²) in [5.41, 5.74) is 6.38. The summed E-state index contributed by atoms with van der Waals surface area (Å²) in [6.07, 6.45) is 1.66. The fourth-order valence-corrected chi connectivity index (χ4v) is 2.22. The Hall–Kier alpha value is -2.48. The molecule has 4 N–H and O–H groups in total. The molecule has 1 heterocycles. The maximum Gasteiger partial charge on any atom is 0.414 e. The lowest BCUT2D eigenvalue weighted by Crippen LogP contribution is -2.38. The smallest absolute Gasteiger partial charge is 0.414 e. The highest BCUT2D eigenvalue weighted by atomic mass is 19.1. The van der Waals surface area contributed by atoms with E-state index < -0.39 is 11.9 Å². The molecular formula is C15H19FN2O5. The van der Waals surface area contributed by atoms with Crippen molar-refractivity contribution in [3.63, 3.8) is 0 Å². The van der Waals surface area contributed by atoms with Crippen molar-refractivity contribution < 1.29 is 29.0 Å². The van der Waals surface area contributed by atoms with Gasteiger partial charge in [0.2, 0.25) is 5.91 Å². The van der Waals surface area contributed by atoms with Crippen LogP contribution in [0.1, 0.15) is 18.4 Å². The predicted octanol–water partition coefficient (Wildman–Crippen LogP) is 0.679. The van der Waals surface area contributed by atoms with Crippen molar-refractivity contribution in [1.82, 2.24) is 4.90 Å². The highest BCUT2D eigenvalue weighted by Crippen LogP contribution is 2.18. The maximum atomic E-state index is 12.7. The number of hydrogen-bond acceptors (Lipinski definition) is 4. The number of nitrogens with two attached hydrogens (primary N) is 1. The van der Waals surface area contributed by atoms with Crippen LogP contribution in [-0.4, -0.2) is 46.0 Å². The third-order valence-corrected chi connectivity index (χ3v) is 3.49. The molecule has 0 atom stereocenters. The highest BCUT2D eigenvalue weighted by Gasteiger charge is 2.22. The number of carboxylic acid groups (broad SMARTS) is 2. The standard InChI is InChI=1S/C13H17FN2O.C2H2O4/c14-12-3-1-10(2-4-12)9-16-7-5-11(6-8-16)13(15)17;3-1(4)2(5)6/h1-4,11H,5-9H2,(H2,15,17);(H,3,4)(H,5,6). The van der Waals surface area contributed by atoms with Crippen LogP contribution in [0.2, 0.25) is 0 Å². The fraction of sp³-hybridized carbons (Fsp3) is 0.400. The first kappa shape index (κ1) is 18.6. The summed E-state index contributed by atoms with van der Waals surface area (Å²) in [6, 6.07) is 6.56. The van der Waals surface area contributed by atoms with E-state index in [1.54, 1.807) is 12.1 Å². The van der Waals surface area contributed by atoms with Gasteiger partial charge in [0.25, 0.3) is 0 Å². The van der Waals surface area contributed by atoms with Gasteiger partial charge in [-0.1, -0.05) is 12.1 Å². The van der Waals surface area contributed by atoms with Crippen LogP contribution in [0.3, 0.4) is 0 Å². The van der Waals surface area contributed by atoms with Crippen LogP contribution >= 0.6 is 0 Å². The molecule has 7 nitrogen and oxygen atoms in total. The van der Waals surface area contributed by atoms with Gasteiger partial charge >= 0.3 is 11.9 Å². The topological polar surface area (TPSA) is 121 Å². The summed E-state index contributed by atoms with van der Waals surface area (Å²) in [6.45, 7) is 2.57. The van der Waals surface area contributed by atoms with E-state index in [1.807, 2.05) is 0 Å². The molecule has 0 aliphatic carbocycles. The molecule has 1 aliphatic heterocycles. The average Bonchev–Trinajstić information content (AvgIpc) is 2.50. The molecule has 1 aromatic rings. The van der Waals surface area contributed by atoms with Gasteiger partial charge in [-0.3, -0.25) is 9.69 Å². The Morgan fingerprint density at radius 2 is 1.57 bits per heavy atom. The van der Waals surface area contributed by atoms with E-state index in [0.29, 0.717) is 0 Å². The third-order valence-electron chi connectivity index (χ3n) is 3.49. The average molecular weight is 326 g/mol. The van der Waals surface area contributed by atoms with E-state index in [1.165, 1.54) is 12.1 Å². The van der Waals surface area contributed by atoms with Crippen molar-refractivity contribution in [2.24, 2.45) is 11.7 Å². The van der Waals surface area contributed by atoms with Crippen molar-refractivity contribution in [1.29, 1.82) is 0 Å². The first-order chi connectivity index (χ1) is 10.8. The van der Waals surface area contributed by atoms with Crippen LogP contribution < -0.4 is 5.73 Å². The minimum absolute atomic E-state index is 0.0273. The first-order valence-corrected chi connectivity index (χ1v) is 7.02. The van der Waals surface area contributed by atoms with Gasteiger partial charge < -0.3 is 15.9 Å². The number of halogens is 1. The van der Waals surface area contributed by atoms with E-state index in [0.717, 1.165) is 38.0 Å². The third kappa shape index (κ3) is 6.88. The van der Waals surface area contributed by atoms with Gasteiger partial charge in [-0.25, -0.2) is 14.0 Å². The van der Waals surface area contributed by atoms with Gasteiger partial charge in [0.15, 0.2) is 0 Å². The summed E-state index contributed by atoms with van der Waals surface area (Å²) in [5, 5.41) is 14.8. The van der Waals surface area contributed by atoms with Crippen LogP contribution in [0.4, 0.5) is 4.39 Å². The first-order valence-electron chi connectivity index (χ1n) is 7.02. The van der Waals surface area contributed by atoms with E-state index >= 15 is 0 Å². The minimum atomic E-state index is -1.82. The number of amides is 1. The molecule has 0 unspecified atom stereocenters. The van der Waals surface area contributed by atoms with Crippen molar-refractivity contribution >= 4 is 17.8 Å². The molecule has 126 valence electrons. The van der Waals surface area contributed by atoms with E-state index in [-0.39, 0.29) is 17.6 Å². The van der Waals surface area contributed by atoms with Crippen molar-refractivity contribution in [2.75, 3.05) is 13.1 Å². The number of carbonyl (C=O) groups excluding carboxylic acids is 1. The van der Waals surface area contributed by atoms with Crippen LogP contribution in [-0.2, 0) is 20.9 Å². The Labute approximate surface area is 132 Å². The number of nitrogens with zero attached hydrogens (tertiary/aromatic N) is 1. The summed E-state index contributed by atoms with van der Waals surface area (Å²) >= 11 is 0. The van der Waals surface area contributed by atoms with Crippen molar-refractivity contribution in [2.45, 2.75) is 19.4 Å². The Morgan fingerprint density at radius 1 is 1.09 bits per heavy atom. The van der Waals surface area contributed by atoms with Crippen LogP contribution in [0.5, 0.6) is 0 Å². The van der Waals surface area contributed by atoms with Gasteiger partial charge in [0, 0.05) is 12.5 Å². The molecule has 0 saturated carbocycles. The SMILES string of the molecule is NC(=O)C1CCN(Cc2ccc(F)cc2)CC1.O=C(O)C(=O)O. The van der Waals surface area contributed by atoms with Crippen LogP contribution in [0.25, 0.3) is 0 Å². The zero-order chi connectivity index (χ0) is 17.4. The molecule has 1 saturated heterocycles. The summed E-state index contributed by atoms with van der Waals surface area (Å²) in [5.74, 6) is -4.02. The molecule has 1 fully saturated rings. The Morgan fingerprint density at radius 3 is 1.96 bits per heavy atom. The number of hydrogen-bond donors (Lipinski definition) is 3. The molecule has 2 rings (SSSR count). The minimum Gasteiger partial charge on any atom is -0.473 e. The van der Waals surface area contributed by atoms with Gasteiger partial charge in [-0.15, -0.1) is 0 Å². The monoisotopic (exact) mass is 326 g/mol. The quantitative estimate of drug-likeness (QED) is 0.702. The Kier molecular flexibility index (Phi) is 7.14. The molecule has 1 aromatic carbocycles. The van der Waals surface area contributed by atoms with Crippen LogP contribution in [0, 0.1) is 11.7 Å². The second-order valence-corrected chi connectivity index (χ2v) is 5.19.